The van der Waals surface area contributed by atoms with Gasteiger partial charge in [-0.2, -0.15) is 0 Å². The van der Waals surface area contributed by atoms with Gasteiger partial charge in [0.2, 0.25) is 5.91 Å². The number of amides is 4. The zero-order chi connectivity index (χ0) is 43.2. The fourth-order valence-corrected chi connectivity index (χ4v) is 9.22. The van der Waals surface area contributed by atoms with Gasteiger partial charge in [0.15, 0.2) is 0 Å². The summed E-state index contributed by atoms with van der Waals surface area (Å²) < 4.78 is 7.97. The molecule has 0 aliphatic carbocycles. The second-order valence-corrected chi connectivity index (χ2v) is 16.8. The minimum absolute atomic E-state index is 0.104. The Morgan fingerprint density at radius 1 is 0.869 bits per heavy atom. The number of piperidine rings is 2. The van der Waals surface area contributed by atoms with Crippen molar-refractivity contribution >= 4 is 40.1 Å². The lowest BCUT2D eigenvalue weighted by Crippen LogP contribution is -2.49. The number of phenols is 1. The van der Waals surface area contributed by atoms with Gasteiger partial charge in [-0.1, -0.05) is 35.9 Å². The lowest BCUT2D eigenvalue weighted by molar-refractivity contribution is -0.120. The quantitative estimate of drug-likeness (QED) is 0.144. The van der Waals surface area contributed by atoms with Crippen molar-refractivity contribution in [1.82, 2.24) is 24.6 Å². The van der Waals surface area contributed by atoms with Gasteiger partial charge < -0.3 is 46.3 Å². The van der Waals surface area contributed by atoms with Crippen molar-refractivity contribution in [2.24, 2.45) is 23.1 Å². The van der Waals surface area contributed by atoms with Gasteiger partial charge in [-0.05, 0) is 101 Å². The smallest absolute Gasteiger partial charge is 0.328 e. The number of rotatable bonds is 8. The highest BCUT2D eigenvalue weighted by atomic mass is 16.5. The van der Waals surface area contributed by atoms with E-state index in [9.17, 15) is 19.5 Å². The summed E-state index contributed by atoms with van der Waals surface area (Å²) in [5.41, 5.74) is 24.4. The van der Waals surface area contributed by atoms with Crippen LogP contribution in [0.1, 0.15) is 72.2 Å². The normalized spacial score (nSPS) is 19.7. The van der Waals surface area contributed by atoms with Crippen LogP contribution in [0.5, 0.6) is 5.75 Å². The standard InChI is InChI=1S/C32H39N5O3.C15H22N4O2/c1-22-5-3-6-25(19-22)31(39)35-16-9-24(10-17-35)21-34-14-11-26(12-15-34)37-23(2)20-27-28(7-4-8-29(27)37)36-18-13-30(38)33-32(36)40;1-10-9-19(6-7-21-10)13(15(17)18)8-12(16)11-4-2-3-5-14(11)20/h3-8,19-20,24,26H,9-18,21H2,1-2H3,(H,33,38,40);2-5,8,10,20H,6-7,9,16-18H2,1H3/b;12-8-. The van der Waals surface area contributed by atoms with Crippen LogP contribution in [0.4, 0.5) is 10.5 Å². The maximum Gasteiger partial charge on any atom is 0.328 e. The fourth-order valence-electron chi connectivity index (χ4n) is 9.22. The number of hydrogen-bond acceptors (Lipinski definition) is 10. The number of imide groups is 1. The van der Waals surface area contributed by atoms with Crippen molar-refractivity contribution in [1.29, 1.82) is 0 Å². The molecule has 0 spiro atoms. The molecule has 4 aliphatic heterocycles. The fraction of sp³-hybridized carbons (Fsp3) is 0.426. The van der Waals surface area contributed by atoms with E-state index in [2.05, 4.69) is 33.8 Å². The van der Waals surface area contributed by atoms with Crippen molar-refractivity contribution in [2.45, 2.75) is 65.0 Å². The van der Waals surface area contributed by atoms with E-state index < -0.39 is 0 Å². The van der Waals surface area contributed by atoms with E-state index in [1.54, 1.807) is 29.2 Å². The average molecular weight is 832 g/mol. The number of aromatic hydroxyl groups is 1. The van der Waals surface area contributed by atoms with Gasteiger partial charge in [-0.3, -0.25) is 19.8 Å². The zero-order valence-electron chi connectivity index (χ0n) is 35.7. The van der Waals surface area contributed by atoms with Crippen LogP contribution in [0.3, 0.4) is 0 Å². The van der Waals surface area contributed by atoms with E-state index in [1.807, 2.05) is 66.1 Å². The van der Waals surface area contributed by atoms with Crippen LogP contribution in [-0.2, 0) is 9.53 Å². The number of ether oxygens (including phenoxy) is 1. The molecule has 4 aliphatic rings. The summed E-state index contributed by atoms with van der Waals surface area (Å²) in [6, 6.07) is 23.2. The molecule has 4 fully saturated rings. The van der Waals surface area contributed by atoms with E-state index in [-0.39, 0.29) is 35.5 Å². The number of likely N-dealkylation sites (tertiary alicyclic amines) is 2. The number of phenolic OH excluding ortho intramolecular Hbond substituents is 1. The Morgan fingerprint density at radius 2 is 1.61 bits per heavy atom. The molecule has 3 aromatic carbocycles. The largest absolute Gasteiger partial charge is 0.507 e. The third-order valence-electron chi connectivity index (χ3n) is 12.4. The molecule has 8 N–H and O–H groups in total. The first-order valence-corrected chi connectivity index (χ1v) is 21.5. The van der Waals surface area contributed by atoms with Gasteiger partial charge in [-0.15, -0.1) is 0 Å². The number of nitrogens with zero attached hydrogens (tertiary/aromatic N) is 5. The predicted molar refractivity (Wildman–Crippen MR) is 239 cm³/mol. The van der Waals surface area contributed by atoms with E-state index in [4.69, 9.17) is 21.9 Å². The number of urea groups is 1. The maximum atomic E-state index is 12.9. The number of morpholine rings is 1. The van der Waals surface area contributed by atoms with Gasteiger partial charge in [0.25, 0.3) is 5.91 Å². The van der Waals surface area contributed by atoms with Crippen molar-refractivity contribution in [3.8, 4) is 5.75 Å². The Kier molecular flexibility index (Phi) is 13.5. The van der Waals surface area contributed by atoms with Crippen LogP contribution in [0.2, 0.25) is 0 Å². The Hall–Kier alpha value is -5.99. The van der Waals surface area contributed by atoms with Crippen molar-refractivity contribution < 1.29 is 24.2 Å². The molecule has 0 saturated carbocycles. The lowest BCUT2D eigenvalue weighted by atomic mass is 9.94. The summed E-state index contributed by atoms with van der Waals surface area (Å²) in [6.45, 7) is 13.5. The average Bonchev–Trinajstić information content (AvgIpc) is 3.59. The Morgan fingerprint density at radius 3 is 2.30 bits per heavy atom. The highest BCUT2D eigenvalue weighted by Crippen LogP contribution is 2.36. The highest BCUT2D eigenvalue weighted by molar-refractivity contribution is 6.09. The number of fused-ring (bicyclic) bond motifs is 1. The van der Waals surface area contributed by atoms with Crippen molar-refractivity contribution in [2.75, 3.05) is 63.9 Å². The summed E-state index contributed by atoms with van der Waals surface area (Å²) >= 11 is 0. The number of nitrogens with one attached hydrogen (secondary N) is 1. The minimum Gasteiger partial charge on any atom is -0.507 e. The van der Waals surface area contributed by atoms with Crippen molar-refractivity contribution in [3.05, 3.63) is 113 Å². The van der Waals surface area contributed by atoms with Crippen molar-refractivity contribution in [3.63, 3.8) is 0 Å². The van der Waals surface area contributed by atoms with Gasteiger partial charge in [0.1, 0.15) is 11.6 Å². The number of carbonyl (C=O) groups excluding carboxylic acids is 3. The molecular weight excluding hydrogens is 771 g/mol. The number of aryl methyl sites for hydroxylation is 2. The summed E-state index contributed by atoms with van der Waals surface area (Å²) in [7, 11) is 0. The van der Waals surface area contributed by atoms with Crippen LogP contribution in [0.15, 0.2) is 90.4 Å². The van der Waals surface area contributed by atoms with E-state index >= 15 is 0 Å². The molecule has 5 heterocycles. The second kappa shape index (κ2) is 19.2. The summed E-state index contributed by atoms with van der Waals surface area (Å²) in [5.74, 6) is 0.904. The predicted octanol–water partition coefficient (Wildman–Crippen LogP) is 5.39. The molecular formula is C47H61N9O5. The molecule has 1 aromatic heterocycles. The minimum atomic E-state index is -0.340. The first kappa shape index (κ1) is 43.1. The Balaban J connectivity index is 0.000000226. The molecule has 0 radical (unpaired) electrons. The first-order chi connectivity index (χ1) is 29.4. The highest BCUT2D eigenvalue weighted by Gasteiger charge is 2.30. The molecule has 14 nitrogen and oxygen atoms in total. The maximum absolute atomic E-state index is 12.9. The molecule has 8 rings (SSSR count). The van der Waals surface area contributed by atoms with Crippen LogP contribution in [0.25, 0.3) is 16.6 Å². The SMILES string of the molecule is CC1CN(C(/C=C(\N)c2ccccc2O)=C(N)N)CCO1.Cc1cccc(C(=O)N2CCC(CN3CCC(n4c(C)cc5c(N6CCC(=O)NC6=O)cccc54)CC3)CC2)c1. The monoisotopic (exact) mass is 831 g/mol. The molecule has 61 heavy (non-hydrogen) atoms. The second-order valence-electron chi connectivity index (χ2n) is 16.8. The van der Waals surface area contributed by atoms with E-state index in [1.165, 1.54) is 5.69 Å². The Labute approximate surface area is 358 Å². The number of para-hydroxylation sites is 1. The lowest BCUT2D eigenvalue weighted by Gasteiger charge is -2.38. The van der Waals surface area contributed by atoms with Gasteiger partial charge >= 0.3 is 6.03 Å². The van der Waals surface area contributed by atoms with Gasteiger partial charge in [-0.25, -0.2) is 4.79 Å². The summed E-state index contributed by atoms with van der Waals surface area (Å²) in [6.07, 6.45) is 6.45. The van der Waals surface area contributed by atoms with E-state index in [0.29, 0.717) is 61.6 Å². The third kappa shape index (κ3) is 10.1. The van der Waals surface area contributed by atoms with Gasteiger partial charge in [0, 0.05) is 92.7 Å². The number of nitrogens with two attached hydrogens (primary N) is 3. The third-order valence-corrected chi connectivity index (χ3v) is 12.4. The van der Waals surface area contributed by atoms with E-state index in [0.717, 1.165) is 86.1 Å². The van der Waals surface area contributed by atoms with Crippen LogP contribution in [0, 0.1) is 19.8 Å². The number of carbonyl (C=O) groups is 3. The zero-order valence-corrected chi connectivity index (χ0v) is 35.7. The topological polar surface area (TPSA) is 189 Å². The molecule has 324 valence electrons. The van der Waals surface area contributed by atoms with Gasteiger partial charge in [0.05, 0.1) is 29.6 Å². The Bertz CT molecular complexity index is 2280. The first-order valence-electron chi connectivity index (χ1n) is 21.5. The number of hydrogen-bond donors (Lipinski definition) is 5. The van der Waals surface area contributed by atoms with Crippen LogP contribution in [-0.4, -0.2) is 107 Å². The van der Waals surface area contributed by atoms with Crippen LogP contribution < -0.4 is 27.4 Å². The number of allylic oxidation sites excluding steroid dienone is 1. The molecule has 4 saturated heterocycles. The molecule has 4 amide bonds. The number of benzene rings is 3. The molecule has 4 aromatic rings. The molecule has 1 atom stereocenters. The number of aromatic nitrogens is 1. The van der Waals surface area contributed by atoms with Crippen LogP contribution >= 0.6 is 0 Å². The molecule has 1 unspecified atom stereocenters. The molecule has 14 heteroatoms. The molecule has 0 bridgehead atoms. The summed E-state index contributed by atoms with van der Waals surface area (Å²) in [5, 5.41) is 13.4. The summed E-state index contributed by atoms with van der Waals surface area (Å²) in [4.78, 5) is 45.5. The number of anilines is 1.